The molecular formula is C14H14FNO2S. The fourth-order valence-electron chi connectivity index (χ4n) is 1.84. The minimum absolute atomic E-state index is 0.0533. The van der Waals surface area contributed by atoms with Crippen LogP contribution in [0.3, 0.4) is 0 Å². The van der Waals surface area contributed by atoms with E-state index in [1.54, 1.807) is 25.1 Å². The normalized spacial score (nSPS) is 11.3. The summed E-state index contributed by atoms with van der Waals surface area (Å²) in [6.45, 7) is 3.59. The van der Waals surface area contributed by atoms with Gasteiger partial charge in [-0.15, -0.1) is 0 Å². The highest BCUT2D eigenvalue weighted by molar-refractivity contribution is 7.92. The summed E-state index contributed by atoms with van der Waals surface area (Å²) in [6.07, 6.45) is 0. The third-order valence-corrected chi connectivity index (χ3v) is 4.26. The molecule has 0 unspecified atom stereocenters. The van der Waals surface area contributed by atoms with E-state index in [0.717, 1.165) is 5.56 Å². The van der Waals surface area contributed by atoms with E-state index in [1.807, 2.05) is 6.92 Å². The zero-order chi connectivity index (χ0) is 14.0. The quantitative estimate of drug-likeness (QED) is 0.937. The molecule has 0 aliphatic rings. The summed E-state index contributed by atoms with van der Waals surface area (Å²) in [5.41, 5.74) is 1.55. The summed E-state index contributed by atoms with van der Waals surface area (Å²) in [5.74, 6) is -0.601. The number of hydrogen-bond donors (Lipinski definition) is 1. The van der Waals surface area contributed by atoms with Crippen LogP contribution in [0.1, 0.15) is 11.1 Å². The van der Waals surface area contributed by atoms with Crippen molar-refractivity contribution in [3.05, 3.63) is 59.4 Å². The first-order valence-corrected chi connectivity index (χ1v) is 7.23. The summed E-state index contributed by atoms with van der Waals surface area (Å²) in [6, 6.07) is 10.7. The van der Waals surface area contributed by atoms with Crippen LogP contribution in [-0.2, 0) is 10.0 Å². The smallest absolute Gasteiger partial charge is 0.262 e. The summed E-state index contributed by atoms with van der Waals surface area (Å²) >= 11 is 0. The number of benzene rings is 2. The number of hydrogen-bond acceptors (Lipinski definition) is 2. The van der Waals surface area contributed by atoms with Crippen LogP contribution in [0.5, 0.6) is 0 Å². The Labute approximate surface area is 112 Å². The average Bonchev–Trinajstić information content (AvgIpc) is 2.31. The molecule has 2 aromatic rings. The van der Waals surface area contributed by atoms with Gasteiger partial charge in [0, 0.05) is 0 Å². The Bertz CT molecular complexity index is 711. The second-order valence-electron chi connectivity index (χ2n) is 4.35. The molecule has 0 aromatic heterocycles. The number of para-hydroxylation sites is 1. The Morgan fingerprint density at radius 2 is 1.74 bits per heavy atom. The van der Waals surface area contributed by atoms with Gasteiger partial charge in [-0.1, -0.05) is 29.8 Å². The Morgan fingerprint density at radius 3 is 2.37 bits per heavy atom. The van der Waals surface area contributed by atoms with E-state index < -0.39 is 15.8 Å². The van der Waals surface area contributed by atoms with Gasteiger partial charge in [0.15, 0.2) is 0 Å². The number of halogens is 1. The summed E-state index contributed by atoms with van der Waals surface area (Å²) in [4.78, 5) is 0.154. The molecule has 3 nitrogen and oxygen atoms in total. The van der Waals surface area contributed by atoms with Crippen molar-refractivity contribution in [2.45, 2.75) is 18.7 Å². The van der Waals surface area contributed by atoms with Crippen LogP contribution in [0.4, 0.5) is 10.1 Å². The van der Waals surface area contributed by atoms with Gasteiger partial charge in [-0.2, -0.15) is 0 Å². The maximum atomic E-state index is 13.5. The average molecular weight is 279 g/mol. The zero-order valence-electron chi connectivity index (χ0n) is 10.6. The Balaban J connectivity index is 2.41. The Kier molecular flexibility index (Phi) is 3.57. The van der Waals surface area contributed by atoms with Crippen LogP contribution < -0.4 is 4.72 Å². The van der Waals surface area contributed by atoms with Gasteiger partial charge in [-0.3, -0.25) is 4.72 Å². The fraction of sp³-hybridized carbons (Fsp3) is 0.143. The number of aryl methyl sites for hydroxylation is 2. The van der Waals surface area contributed by atoms with E-state index in [4.69, 9.17) is 0 Å². The zero-order valence-corrected chi connectivity index (χ0v) is 11.5. The Morgan fingerprint density at radius 1 is 1.05 bits per heavy atom. The summed E-state index contributed by atoms with van der Waals surface area (Å²) in [7, 11) is -3.77. The summed E-state index contributed by atoms with van der Waals surface area (Å²) < 4.78 is 40.2. The van der Waals surface area contributed by atoms with Crippen molar-refractivity contribution in [1.82, 2.24) is 0 Å². The number of anilines is 1. The maximum absolute atomic E-state index is 13.5. The van der Waals surface area contributed by atoms with Crippen LogP contribution in [0, 0.1) is 19.7 Å². The lowest BCUT2D eigenvalue weighted by atomic mass is 10.2. The van der Waals surface area contributed by atoms with Gasteiger partial charge in [-0.05, 0) is 37.6 Å². The van der Waals surface area contributed by atoms with Crippen molar-refractivity contribution in [3.63, 3.8) is 0 Å². The second kappa shape index (κ2) is 5.01. The highest BCUT2D eigenvalue weighted by atomic mass is 32.2. The van der Waals surface area contributed by atoms with Gasteiger partial charge < -0.3 is 0 Å². The molecule has 1 N–H and O–H groups in total. The monoisotopic (exact) mass is 279 g/mol. The minimum atomic E-state index is -3.77. The van der Waals surface area contributed by atoms with Crippen molar-refractivity contribution < 1.29 is 12.8 Å². The lowest BCUT2D eigenvalue weighted by molar-refractivity contribution is 0.598. The van der Waals surface area contributed by atoms with Crippen molar-refractivity contribution in [2.75, 3.05) is 4.72 Å². The molecule has 0 aliphatic heterocycles. The van der Waals surface area contributed by atoms with Crippen LogP contribution in [-0.4, -0.2) is 8.42 Å². The molecule has 100 valence electrons. The SMILES string of the molecule is Cc1ccc(S(=O)(=O)Nc2ccccc2F)c(C)c1. The molecule has 2 aromatic carbocycles. The van der Waals surface area contributed by atoms with Crippen molar-refractivity contribution in [2.24, 2.45) is 0 Å². The first-order chi connectivity index (χ1) is 8.90. The van der Waals surface area contributed by atoms with Crippen molar-refractivity contribution in [3.8, 4) is 0 Å². The van der Waals surface area contributed by atoms with Gasteiger partial charge in [0.1, 0.15) is 5.82 Å². The third-order valence-electron chi connectivity index (χ3n) is 2.74. The molecule has 0 amide bonds. The van der Waals surface area contributed by atoms with E-state index in [-0.39, 0.29) is 10.6 Å². The van der Waals surface area contributed by atoms with Crippen LogP contribution in [0.2, 0.25) is 0 Å². The minimum Gasteiger partial charge on any atom is -0.277 e. The van der Waals surface area contributed by atoms with E-state index in [9.17, 15) is 12.8 Å². The molecule has 0 bridgehead atoms. The highest BCUT2D eigenvalue weighted by Gasteiger charge is 2.18. The predicted molar refractivity (Wildman–Crippen MR) is 73.1 cm³/mol. The lowest BCUT2D eigenvalue weighted by Gasteiger charge is -2.11. The first-order valence-electron chi connectivity index (χ1n) is 5.75. The molecule has 2 rings (SSSR count). The molecule has 0 aliphatic carbocycles. The van der Waals surface area contributed by atoms with E-state index in [1.165, 1.54) is 24.3 Å². The molecule has 0 radical (unpaired) electrons. The van der Waals surface area contributed by atoms with Gasteiger partial charge >= 0.3 is 0 Å². The van der Waals surface area contributed by atoms with Crippen LogP contribution >= 0.6 is 0 Å². The molecule has 19 heavy (non-hydrogen) atoms. The van der Waals surface area contributed by atoms with Gasteiger partial charge in [-0.25, -0.2) is 12.8 Å². The standard InChI is InChI=1S/C14H14FNO2S/c1-10-7-8-14(11(2)9-10)19(17,18)16-13-6-4-3-5-12(13)15/h3-9,16H,1-2H3. The number of nitrogens with one attached hydrogen (secondary N) is 1. The molecule has 0 saturated carbocycles. The molecule has 0 fully saturated rings. The summed E-state index contributed by atoms with van der Waals surface area (Å²) in [5, 5.41) is 0. The van der Waals surface area contributed by atoms with Crippen molar-refractivity contribution >= 4 is 15.7 Å². The maximum Gasteiger partial charge on any atom is 0.262 e. The molecule has 5 heteroatoms. The molecule has 0 heterocycles. The highest BCUT2D eigenvalue weighted by Crippen LogP contribution is 2.21. The topological polar surface area (TPSA) is 46.2 Å². The van der Waals surface area contributed by atoms with E-state index in [2.05, 4.69) is 4.72 Å². The largest absolute Gasteiger partial charge is 0.277 e. The molecule has 0 spiro atoms. The second-order valence-corrected chi connectivity index (χ2v) is 6.01. The van der Waals surface area contributed by atoms with Gasteiger partial charge in [0.25, 0.3) is 10.0 Å². The number of sulfonamides is 1. The van der Waals surface area contributed by atoms with E-state index >= 15 is 0 Å². The fourth-order valence-corrected chi connectivity index (χ4v) is 3.14. The van der Waals surface area contributed by atoms with Crippen LogP contribution in [0.15, 0.2) is 47.4 Å². The predicted octanol–water partition coefficient (Wildman–Crippen LogP) is 3.24. The Hall–Kier alpha value is -1.88. The van der Waals surface area contributed by atoms with E-state index in [0.29, 0.717) is 5.56 Å². The molecular weight excluding hydrogens is 265 g/mol. The van der Waals surface area contributed by atoms with Crippen molar-refractivity contribution in [1.29, 1.82) is 0 Å². The van der Waals surface area contributed by atoms with Gasteiger partial charge in [0.05, 0.1) is 10.6 Å². The molecule has 0 atom stereocenters. The lowest BCUT2D eigenvalue weighted by Crippen LogP contribution is -2.15. The van der Waals surface area contributed by atoms with Gasteiger partial charge in [0.2, 0.25) is 0 Å². The number of rotatable bonds is 3. The third kappa shape index (κ3) is 2.93. The first kappa shape index (κ1) is 13.5. The molecule has 0 saturated heterocycles. The van der Waals surface area contributed by atoms with Crippen LogP contribution in [0.25, 0.3) is 0 Å².